The van der Waals surface area contributed by atoms with Gasteiger partial charge in [-0.1, -0.05) is 38.0 Å². The summed E-state index contributed by atoms with van der Waals surface area (Å²) in [6.07, 6.45) is 9.67. The Morgan fingerprint density at radius 3 is 2.84 bits per heavy atom. The lowest BCUT2D eigenvalue weighted by Crippen LogP contribution is -2.34. The lowest BCUT2D eigenvalue weighted by molar-refractivity contribution is 0.338. The summed E-state index contributed by atoms with van der Waals surface area (Å²) < 4.78 is 1.94. The molecule has 1 saturated carbocycles. The van der Waals surface area contributed by atoms with E-state index in [0.717, 1.165) is 53.9 Å². The van der Waals surface area contributed by atoms with Crippen LogP contribution in [-0.2, 0) is 13.1 Å². The SMILES string of the molecule is CCCCNc1nc(N)nc2cnn(Cc3ccc(CNC4CCC4)c4cccnc34)c12. The summed E-state index contributed by atoms with van der Waals surface area (Å²) in [7, 11) is 0. The van der Waals surface area contributed by atoms with Crippen molar-refractivity contribution in [3.05, 3.63) is 47.8 Å². The molecule has 0 radical (unpaired) electrons. The van der Waals surface area contributed by atoms with Gasteiger partial charge in [-0.2, -0.15) is 10.1 Å². The van der Waals surface area contributed by atoms with Crippen LogP contribution >= 0.6 is 0 Å². The smallest absolute Gasteiger partial charge is 0.222 e. The summed E-state index contributed by atoms with van der Waals surface area (Å²) in [6.45, 7) is 4.46. The first kappa shape index (κ1) is 20.6. The van der Waals surface area contributed by atoms with Crippen molar-refractivity contribution in [3.8, 4) is 0 Å². The van der Waals surface area contributed by atoms with Gasteiger partial charge in [-0.05, 0) is 36.5 Å². The molecule has 1 aliphatic carbocycles. The number of pyridine rings is 1. The summed E-state index contributed by atoms with van der Waals surface area (Å²) in [4.78, 5) is 13.6. The Balaban J connectivity index is 1.47. The Bertz CT molecular complexity index is 1230. The lowest BCUT2D eigenvalue weighted by atomic mass is 9.93. The molecule has 0 atom stereocenters. The minimum Gasteiger partial charge on any atom is -0.368 e. The number of aromatic nitrogens is 5. The van der Waals surface area contributed by atoms with E-state index in [-0.39, 0.29) is 5.95 Å². The van der Waals surface area contributed by atoms with Crippen LogP contribution in [0.4, 0.5) is 11.8 Å². The monoisotopic (exact) mass is 430 g/mol. The number of nitrogen functional groups attached to an aromatic ring is 1. The molecule has 8 heteroatoms. The minimum atomic E-state index is 0.256. The maximum Gasteiger partial charge on any atom is 0.222 e. The molecule has 5 rings (SSSR count). The molecule has 3 heterocycles. The number of fused-ring (bicyclic) bond motifs is 2. The molecule has 8 nitrogen and oxygen atoms in total. The molecule has 0 spiro atoms. The Kier molecular flexibility index (Phi) is 5.85. The molecule has 166 valence electrons. The molecule has 0 bridgehead atoms. The van der Waals surface area contributed by atoms with Crippen molar-refractivity contribution in [2.45, 2.75) is 58.2 Å². The van der Waals surface area contributed by atoms with Crippen molar-refractivity contribution in [1.82, 2.24) is 30.0 Å². The van der Waals surface area contributed by atoms with Crippen LogP contribution < -0.4 is 16.4 Å². The maximum atomic E-state index is 5.93. The summed E-state index contributed by atoms with van der Waals surface area (Å²) in [5.74, 6) is 0.989. The number of anilines is 2. The molecule has 1 aliphatic rings. The first-order chi connectivity index (χ1) is 15.7. The number of nitrogens with zero attached hydrogens (tertiary/aromatic N) is 5. The van der Waals surface area contributed by atoms with Gasteiger partial charge < -0.3 is 16.4 Å². The summed E-state index contributed by atoms with van der Waals surface area (Å²) in [6, 6.07) is 9.21. The van der Waals surface area contributed by atoms with E-state index in [2.05, 4.69) is 50.8 Å². The number of rotatable bonds is 9. The number of benzene rings is 1. The third-order valence-corrected chi connectivity index (χ3v) is 6.28. The lowest BCUT2D eigenvalue weighted by Gasteiger charge is -2.26. The molecule has 4 N–H and O–H groups in total. The van der Waals surface area contributed by atoms with Gasteiger partial charge in [-0.15, -0.1) is 0 Å². The fourth-order valence-electron chi connectivity index (χ4n) is 4.24. The maximum absolute atomic E-state index is 5.93. The van der Waals surface area contributed by atoms with Gasteiger partial charge in [0.15, 0.2) is 5.82 Å². The van der Waals surface area contributed by atoms with E-state index in [0.29, 0.717) is 12.6 Å². The predicted octanol–water partition coefficient (Wildman–Crippen LogP) is 3.86. The molecule has 1 fully saturated rings. The highest BCUT2D eigenvalue weighted by Crippen LogP contribution is 2.26. The van der Waals surface area contributed by atoms with Crippen molar-refractivity contribution in [2.75, 3.05) is 17.6 Å². The van der Waals surface area contributed by atoms with Crippen LogP contribution in [0.25, 0.3) is 21.9 Å². The highest BCUT2D eigenvalue weighted by molar-refractivity contribution is 5.88. The summed E-state index contributed by atoms with van der Waals surface area (Å²) in [5, 5.41) is 12.9. The van der Waals surface area contributed by atoms with E-state index in [1.54, 1.807) is 6.20 Å². The normalized spacial score (nSPS) is 14.2. The number of nitrogens with two attached hydrogens (primary N) is 1. The van der Waals surface area contributed by atoms with Crippen molar-refractivity contribution >= 4 is 33.7 Å². The van der Waals surface area contributed by atoms with Gasteiger partial charge in [0.25, 0.3) is 0 Å². The zero-order chi connectivity index (χ0) is 21.9. The van der Waals surface area contributed by atoms with E-state index in [9.17, 15) is 0 Å². The van der Waals surface area contributed by atoms with Crippen LogP contribution in [-0.4, -0.2) is 37.3 Å². The Labute approximate surface area is 187 Å². The minimum absolute atomic E-state index is 0.256. The van der Waals surface area contributed by atoms with E-state index in [1.165, 1.54) is 30.2 Å². The molecule has 0 unspecified atom stereocenters. The standard InChI is InChI=1S/C24H30N8/c1-2-3-11-27-23-22-20(30-24(25)31-23)14-29-32(22)15-17-10-9-16(13-28-18-6-4-7-18)19-8-5-12-26-21(17)19/h5,8-10,12,14,18,28H,2-4,6-7,11,13,15H2,1H3,(H3,25,27,30,31). The Hall–Kier alpha value is -3.26. The highest BCUT2D eigenvalue weighted by atomic mass is 15.3. The quantitative estimate of drug-likeness (QED) is 0.346. The largest absolute Gasteiger partial charge is 0.368 e. The van der Waals surface area contributed by atoms with Crippen molar-refractivity contribution in [1.29, 1.82) is 0 Å². The van der Waals surface area contributed by atoms with Gasteiger partial charge in [-0.3, -0.25) is 9.67 Å². The number of hydrogen-bond acceptors (Lipinski definition) is 7. The van der Waals surface area contributed by atoms with Crippen molar-refractivity contribution < 1.29 is 0 Å². The van der Waals surface area contributed by atoms with E-state index in [4.69, 9.17) is 10.7 Å². The molecule has 0 aliphatic heterocycles. The van der Waals surface area contributed by atoms with Crippen LogP contribution in [0.5, 0.6) is 0 Å². The van der Waals surface area contributed by atoms with Crippen LogP contribution in [0.2, 0.25) is 0 Å². The van der Waals surface area contributed by atoms with Gasteiger partial charge in [-0.25, -0.2) is 4.98 Å². The first-order valence-corrected chi connectivity index (χ1v) is 11.5. The van der Waals surface area contributed by atoms with Crippen LogP contribution in [0.3, 0.4) is 0 Å². The molecule has 3 aromatic heterocycles. The molecule has 1 aromatic carbocycles. The second-order valence-corrected chi connectivity index (χ2v) is 8.54. The predicted molar refractivity (Wildman–Crippen MR) is 128 cm³/mol. The van der Waals surface area contributed by atoms with Gasteiger partial charge in [0, 0.05) is 30.7 Å². The second kappa shape index (κ2) is 9.08. The topological polar surface area (TPSA) is 107 Å². The van der Waals surface area contributed by atoms with Crippen LogP contribution in [0.1, 0.15) is 50.2 Å². The first-order valence-electron chi connectivity index (χ1n) is 11.5. The third kappa shape index (κ3) is 4.10. The highest BCUT2D eigenvalue weighted by Gasteiger charge is 2.18. The van der Waals surface area contributed by atoms with Gasteiger partial charge in [0.2, 0.25) is 5.95 Å². The van der Waals surface area contributed by atoms with Crippen LogP contribution in [0, 0.1) is 0 Å². The molecule has 0 saturated heterocycles. The molecule has 32 heavy (non-hydrogen) atoms. The van der Waals surface area contributed by atoms with Crippen molar-refractivity contribution in [2.24, 2.45) is 0 Å². The molecular weight excluding hydrogens is 400 g/mol. The number of nitrogens with one attached hydrogen (secondary N) is 2. The Morgan fingerprint density at radius 2 is 2.03 bits per heavy atom. The van der Waals surface area contributed by atoms with E-state index in [1.807, 2.05) is 16.9 Å². The average Bonchev–Trinajstić information content (AvgIpc) is 3.16. The molecule has 0 amide bonds. The third-order valence-electron chi connectivity index (χ3n) is 6.28. The zero-order valence-corrected chi connectivity index (χ0v) is 18.5. The van der Waals surface area contributed by atoms with Crippen molar-refractivity contribution in [3.63, 3.8) is 0 Å². The second-order valence-electron chi connectivity index (χ2n) is 8.54. The average molecular weight is 431 g/mol. The number of hydrogen-bond donors (Lipinski definition) is 3. The zero-order valence-electron chi connectivity index (χ0n) is 18.5. The Morgan fingerprint density at radius 1 is 1.16 bits per heavy atom. The van der Waals surface area contributed by atoms with E-state index < -0.39 is 0 Å². The fraction of sp³-hybridized carbons (Fsp3) is 0.417. The molecular formula is C24H30N8. The van der Waals surface area contributed by atoms with Gasteiger partial charge in [0.05, 0.1) is 18.3 Å². The van der Waals surface area contributed by atoms with Gasteiger partial charge in [0.1, 0.15) is 11.0 Å². The summed E-state index contributed by atoms with van der Waals surface area (Å²) >= 11 is 0. The molecule has 4 aromatic rings. The summed E-state index contributed by atoms with van der Waals surface area (Å²) in [5.41, 5.74) is 11.0. The number of unbranched alkanes of at least 4 members (excludes halogenated alkanes) is 1. The van der Waals surface area contributed by atoms with Crippen LogP contribution in [0.15, 0.2) is 36.7 Å². The van der Waals surface area contributed by atoms with Gasteiger partial charge >= 0.3 is 0 Å². The fourth-order valence-corrected chi connectivity index (χ4v) is 4.24. The van der Waals surface area contributed by atoms with E-state index >= 15 is 0 Å².